The van der Waals surface area contributed by atoms with Crippen LogP contribution in [-0.4, -0.2) is 55.5 Å². The second-order valence-corrected chi connectivity index (χ2v) is 7.86. The molecule has 0 unspecified atom stereocenters. The minimum absolute atomic E-state index is 0.0100. The average Bonchev–Trinajstić information content (AvgIpc) is 3.10. The standard InChI is InChI=1S/C22H25ClN4O2/c1-29-12-10-24-21-22(25-14-17-5-2-3-8-19(17)26-21)9-11-27(15-22)20(28)16-6-4-7-18(23)13-16/h2-8,13,25H,9-12,14-15H2,1H3,(H,24,26)/t22-/m1/s1. The number of likely N-dealkylation sites (tertiary alicyclic amines) is 1. The van der Waals surface area contributed by atoms with E-state index in [-0.39, 0.29) is 5.91 Å². The summed E-state index contributed by atoms with van der Waals surface area (Å²) in [6.45, 7) is 3.03. The number of hydrogen-bond acceptors (Lipinski definition) is 4. The molecule has 6 nitrogen and oxygen atoms in total. The Hall–Kier alpha value is -2.41. The zero-order valence-corrected chi connectivity index (χ0v) is 17.2. The van der Waals surface area contributed by atoms with Crippen LogP contribution in [0.15, 0.2) is 53.5 Å². The number of ether oxygens (including phenoxy) is 1. The van der Waals surface area contributed by atoms with Crippen LogP contribution in [0.25, 0.3) is 0 Å². The lowest BCUT2D eigenvalue weighted by atomic mass is 9.96. The topological polar surface area (TPSA) is 66.0 Å². The van der Waals surface area contributed by atoms with Gasteiger partial charge in [-0.25, -0.2) is 0 Å². The van der Waals surface area contributed by atoms with Crippen LogP contribution in [0, 0.1) is 0 Å². The zero-order chi connectivity index (χ0) is 20.3. The van der Waals surface area contributed by atoms with E-state index in [1.807, 2.05) is 17.0 Å². The van der Waals surface area contributed by atoms with E-state index in [9.17, 15) is 4.79 Å². The molecule has 2 aliphatic heterocycles. The van der Waals surface area contributed by atoms with Crippen molar-refractivity contribution in [3.63, 3.8) is 0 Å². The van der Waals surface area contributed by atoms with Gasteiger partial charge in [-0.2, -0.15) is 0 Å². The highest BCUT2D eigenvalue weighted by Crippen LogP contribution is 2.30. The first kappa shape index (κ1) is 19.9. The number of fused-ring (bicyclic) bond motifs is 1. The summed E-state index contributed by atoms with van der Waals surface area (Å²) in [4.78, 5) is 19.7. The molecule has 2 aliphatic rings. The molecule has 2 heterocycles. The number of hydrogen-bond donors (Lipinski definition) is 2. The molecule has 1 saturated heterocycles. The van der Waals surface area contributed by atoms with Crippen molar-refractivity contribution in [2.24, 2.45) is 4.99 Å². The Morgan fingerprint density at radius 1 is 1.28 bits per heavy atom. The van der Waals surface area contributed by atoms with E-state index in [1.165, 1.54) is 5.56 Å². The Kier molecular flexibility index (Phi) is 5.85. The number of carbonyl (C=O) groups excluding carboxylic acids is 1. The quantitative estimate of drug-likeness (QED) is 0.757. The highest BCUT2D eigenvalue weighted by Gasteiger charge is 2.45. The van der Waals surface area contributed by atoms with Crippen LogP contribution < -0.4 is 10.6 Å². The molecule has 1 amide bonds. The van der Waals surface area contributed by atoms with Crippen molar-refractivity contribution in [2.45, 2.75) is 18.5 Å². The molecule has 0 radical (unpaired) electrons. The highest BCUT2D eigenvalue weighted by atomic mass is 35.5. The molecule has 1 spiro atoms. The van der Waals surface area contributed by atoms with Crippen molar-refractivity contribution in [2.75, 3.05) is 38.7 Å². The summed E-state index contributed by atoms with van der Waals surface area (Å²) in [5.41, 5.74) is 2.43. The number of amides is 1. The lowest BCUT2D eigenvalue weighted by Gasteiger charge is -2.30. The van der Waals surface area contributed by atoms with Crippen LogP contribution in [0.2, 0.25) is 5.02 Å². The van der Waals surface area contributed by atoms with E-state index in [1.54, 1.807) is 31.4 Å². The number of anilines is 1. The predicted octanol–water partition coefficient (Wildman–Crippen LogP) is 3.18. The van der Waals surface area contributed by atoms with Crippen LogP contribution in [0.5, 0.6) is 0 Å². The van der Waals surface area contributed by atoms with Crippen LogP contribution in [0.1, 0.15) is 22.3 Å². The number of rotatable bonds is 4. The van der Waals surface area contributed by atoms with Gasteiger partial charge in [-0.05, 0) is 36.2 Å². The van der Waals surface area contributed by atoms with Crippen molar-refractivity contribution in [3.05, 3.63) is 64.7 Å². The van der Waals surface area contributed by atoms with Gasteiger partial charge in [0.25, 0.3) is 5.91 Å². The molecule has 7 heteroatoms. The van der Waals surface area contributed by atoms with Crippen LogP contribution in [0.4, 0.5) is 5.69 Å². The van der Waals surface area contributed by atoms with Crippen molar-refractivity contribution in [1.82, 2.24) is 10.2 Å². The van der Waals surface area contributed by atoms with E-state index in [4.69, 9.17) is 21.3 Å². The molecule has 152 valence electrons. The van der Waals surface area contributed by atoms with Gasteiger partial charge in [0.2, 0.25) is 0 Å². The van der Waals surface area contributed by atoms with Crippen LogP contribution in [-0.2, 0) is 11.3 Å². The number of nitrogens with zero attached hydrogens (tertiary/aromatic N) is 2. The molecule has 0 bridgehead atoms. The van der Waals surface area contributed by atoms with Gasteiger partial charge in [0, 0.05) is 43.0 Å². The molecule has 4 rings (SSSR count). The van der Waals surface area contributed by atoms with Crippen LogP contribution in [0.3, 0.4) is 0 Å². The molecule has 0 aliphatic carbocycles. The summed E-state index contributed by atoms with van der Waals surface area (Å²) in [6, 6.07) is 15.3. The van der Waals surface area contributed by atoms with Crippen molar-refractivity contribution < 1.29 is 9.53 Å². The average molecular weight is 413 g/mol. The molecular formula is C22H25ClN4O2. The fraction of sp³-hybridized carbons (Fsp3) is 0.364. The fourth-order valence-corrected chi connectivity index (χ4v) is 4.15. The summed E-state index contributed by atoms with van der Waals surface area (Å²) in [5.74, 6) is 0.852. The summed E-state index contributed by atoms with van der Waals surface area (Å²) in [7, 11) is 1.67. The molecule has 2 aromatic carbocycles. The van der Waals surface area contributed by atoms with Gasteiger partial charge in [-0.1, -0.05) is 35.9 Å². The normalized spacial score (nSPS) is 22.4. The maximum absolute atomic E-state index is 13.1. The van der Waals surface area contributed by atoms with Gasteiger partial charge in [0.05, 0.1) is 18.7 Å². The number of carbonyl (C=O) groups is 1. The predicted molar refractivity (Wildman–Crippen MR) is 116 cm³/mol. The maximum atomic E-state index is 13.1. The largest absolute Gasteiger partial charge is 0.383 e. The Morgan fingerprint density at radius 2 is 2.14 bits per heavy atom. The third kappa shape index (κ3) is 4.15. The Labute approximate surface area is 175 Å². The molecular weight excluding hydrogens is 388 g/mol. The molecule has 0 saturated carbocycles. The van der Waals surface area contributed by atoms with Crippen LogP contribution >= 0.6 is 11.6 Å². The summed E-state index contributed by atoms with van der Waals surface area (Å²) in [6.07, 6.45) is 0.784. The Balaban J connectivity index is 1.61. The molecule has 1 atom stereocenters. The van der Waals surface area contributed by atoms with Gasteiger partial charge in [0.15, 0.2) is 0 Å². The minimum Gasteiger partial charge on any atom is -0.383 e. The number of halogens is 1. The second-order valence-electron chi connectivity index (χ2n) is 7.43. The lowest BCUT2D eigenvalue weighted by Crippen LogP contribution is -2.55. The SMILES string of the molecule is COCCN=C1Nc2ccccc2CN[C@@]12CCN(C(=O)c1cccc(Cl)c1)C2. The van der Waals surface area contributed by atoms with Gasteiger partial charge < -0.3 is 15.0 Å². The number of amidine groups is 1. The number of aliphatic imine (C=N–C) groups is 1. The number of benzene rings is 2. The fourth-order valence-electron chi connectivity index (χ4n) is 3.96. The van der Waals surface area contributed by atoms with Gasteiger partial charge >= 0.3 is 0 Å². The van der Waals surface area contributed by atoms with Gasteiger partial charge in [-0.15, -0.1) is 0 Å². The summed E-state index contributed by atoms with van der Waals surface area (Å²) in [5, 5.41) is 7.78. The zero-order valence-electron chi connectivity index (χ0n) is 16.5. The smallest absolute Gasteiger partial charge is 0.253 e. The monoisotopic (exact) mass is 412 g/mol. The third-order valence-electron chi connectivity index (χ3n) is 5.53. The van der Waals surface area contributed by atoms with E-state index in [2.05, 4.69) is 22.8 Å². The van der Waals surface area contributed by atoms with E-state index >= 15 is 0 Å². The number of methoxy groups -OCH3 is 1. The minimum atomic E-state index is -0.416. The summed E-state index contributed by atoms with van der Waals surface area (Å²) >= 11 is 6.08. The highest BCUT2D eigenvalue weighted by molar-refractivity contribution is 6.31. The number of para-hydroxylation sites is 1. The van der Waals surface area contributed by atoms with E-state index in [0.717, 1.165) is 17.9 Å². The van der Waals surface area contributed by atoms with Crippen molar-refractivity contribution >= 4 is 29.0 Å². The molecule has 2 N–H and O–H groups in total. The third-order valence-corrected chi connectivity index (χ3v) is 5.77. The van der Waals surface area contributed by atoms with E-state index in [0.29, 0.717) is 43.4 Å². The second kappa shape index (κ2) is 8.53. The molecule has 2 aromatic rings. The Morgan fingerprint density at radius 3 is 2.97 bits per heavy atom. The molecule has 29 heavy (non-hydrogen) atoms. The first-order valence-electron chi connectivity index (χ1n) is 9.80. The lowest BCUT2D eigenvalue weighted by molar-refractivity contribution is 0.0786. The molecule has 1 fully saturated rings. The van der Waals surface area contributed by atoms with Gasteiger partial charge in [0.1, 0.15) is 5.84 Å². The Bertz CT molecular complexity index is 933. The maximum Gasteiger partial charge on any atom is 0.253 e. The van der Waals surface area contributed by atoms with Crippen molar-refractivity contribution in [3.8, 4) is 0 Å². The van der Waals surface area contributed by atoms with Crippen molar-refractivity contribution in [1.29, 1.82) is 0 Å². The summed E-state index contributed by atoms with van der Waals surface area (Å²) < 4.78 is 5.18. The first-order chi connectivity index (χ1) is 14.1. The molecule has 0 aromatic heterocycles. The van der Waals surface area contributed by atoms with E-state index < -0.39 is 5.54 Å². The van der Waals surface area contributed by atoms with Gasteiger partial charge in [-0.3, -0.25) is 15.1 Å². The number of nitrogens with one attached hydrogen (secondary N) is 2. The first-order valence-corrected chi connectivity index (χ1v) is 10.2.